The monoisotopic (exact) mass is 240 g/mol. The molecule has 1 aromatic rings. The quantitative estimate of drug-likeness (QED) is 0.757. The molecule has 2 heterocycles. The molecule has 0 spiro atoms. The van der Waals surface area contributed by atoms with Crippen LogP contribution in [0.25, 0.3) is 0 Å². The zero-order valence-corrected chi connectivity index (χ0v) is 10.7. The van der Waals surface area contributed by atoms with E-state index in [1.165, 1.54) is 0 Å². The summed E-state index contributed by atoms with van der Waals surface area (Å²) in [4.78, 5) is 0. The molecule has 1 fully saturated rings. The van der Waals surface area contributed by atoms with Crippen LogP contribution in [-0.4, -0.2) is 22.8 Å². The van der Waals surface area contributed by atoms with Crippen LogP contribution in [0.2, 0.25) is 0 Å². The van der Waals surface area contributed by atoms with Crippen molar-refractivity contribution in [3.05, 3.63) is 30.3 Å². The number of para-hydroxylation sites is 1. The molecular weight excluding hydrogens is 224 g/mol. The molecule has 4 nitrogen and oxygen atoms in total. The summed E-state index contributed by atoms with van der Waals surface area (Å²) in [6.07, 6.45) is 0.906. The second-order valence-electron chi connectivity index (χ2n) is 5.05. The molecule has 0 unspecified atom stereocenters. The third kappa shape index (κ3) is 1.31. The fraction of sp³-hybridized carbons (Fsp3) is 0.429. The number of hydrogen-bond donors (Lipinski definition) is 0. The summed E-state index contributed by atoms with van der Waals surface area (Å²) in [6, 6.07) is 12.5. The maximum Gasteiger partial charge on any atom is 0.0948 e. The normalized spacial score (nSPS) is 31.1. The van der Waals surface area contributed by atoms with Gasteiger partial charge < -0.3 is 0 Å². The molecule has 1 saturated heterocycles. The largest absolute Gasteiger partial charge is 0.198 e. The van der Waals surface area contributed by atoms with Gasteiger partial charge >= 0.3 is 0 Å². The van der Waals surface area contributed by atoms with Crippen LogP contribution in [0, 0.1) is 17.2 Å². The standard InChI is InChI=1S/C14H16N4/c1-11-14(2)12(10-15)8-9-17(14)18(16-11)13-6-4-3-5-7-13/h3-7,12H,8-9H2,1-2H3/t12-,14-/m1/s1. The van der Waals surface area contributed by atoms with Gasteiger partial charge in [-0.3, -0.25) is 0 Å². The van der Waals surface area contributed by atoms with E-state index in [9.17, 15) is 5.26 Å². The molecule has 1 aromatic carbocycles. The average Bonchev–Trinajstić information content (AvgIpc) is 2.86. The summed E-state index contributed by atoms with van der Waals surface area (Å²) in [5.41, 5.74) is 1.83. The van der Waals surface area contributed by atoms with Crippen LogP contribution < -0.4 is 5.12 Å². The van der Waals surface area contributed by atoms with Crippen molar-refractivity contribution >= 4 is 11.4 Å². The van der Waals surface area contributed by atoms with Crippen molar-refractivity contribution in [2.24, 2.45) is 11.0 Å². The first-order chi connectivity index (χ1) is 8.67. The Balaban J connectivity index is 2.02. The van der Waals surface area contributed by atoms with E-state index < -0.39 is 0 Å². The van der Waals surface area contributed by atoms with Gasteiger partial charge in [0, 0.05) is 6.54 Å². The third-order valence-corrected chi connectivity index (χ3v) is 4.19. The summed E-state index contributed by atoms with van der Waals surface area (Å²) in [5.74, 6) is 0.0231. The summed E-state index contributed by atoms with van der Waals surface area (Å²) >= 11 is 0. The summed E-state index contributed by atoms with van der Waals surface area (Å²) in [6.45, 7) is 5.02. The van der Waals surface area contributed by atoms with Crippen molar-refractivity contribution in [1.29, 1.82) is 5.26 Å². The Morgan fingerprint density at radius 1 is 1.39 bits per heavy atom. The van der Waals surface area contributed by atoms with Crippen LogP contribution in [0.15, 0.2) is 35.4 Å². The number of nitriles is 1. The highest BCUT2D eigenvalue weighted by atomic mass is 15.8. The average molecular weight is 240 g/mol. The van der Waals surface area contributed by atoms with Gasteiger partial charge in [-0.05, 0) is 32.4 Å². The van der Waals surface area contributed by atoms with Crippen molar-refractivity contribution < 1.29 is 0 Å². The number of benzene rings is 1. The minimum atomic E-state index is -0.245. The second kappa shape index (κ2) is 3.82. The number of anilines is 1. The van der Waals surface area contributed by atoms with Crippen LogP contribution in [0.4, 0.5) is 5.69 Å². The number of hydrazine groups is 1. The highest BCUT2D eigenvalue weighted by Gasteiger charge is 2.54. The van der Waals surface area contributed by atoms with Gasteiger partial charge in [-0.2, -0.15) is 20.5 Å². The fourth-order valence-corrected chi connectivity index (χ4v) is 2.92. The molecule has 2 aliphatic heterocycles. The van der Waals surface area contributed by atoms with Crippen LogP contribution >= 0.6 is 0 Å². The van der Waals surface area contributed by atoms with Gasteiger partial charge in [0.15, 0.2) is 0 Å². The SMILES string of the molecule is CC1=NN(c2ccccc2)N2CC[C@H](C#N)[C@@]12C. The second-order valence-corrected chi connectivity index (χ2v) is 5.05. The highest BCUT2D eigenvalue weighted by molar-refractivity contribution is 5.95. The van der Waals surface area contributed by atoms with Crippen LogP contribution in [0.5, 0.6) is 0 Å². The number of rotatable bonds is 1. The number of hydrogen-bond acceptors (Lipinski definition) is 4. The van der Waals surface area contributed by atoms with Gasteiger partial charge in [0.1, 0.15) is 0 Å². The van der Waals surface area contributed by atoms with Gasteiger partial charge in [0.2, 0.25) is 0 Å². The Kier molecular flexibility index (Phi) is 2.39. The van der Waals surface area contributed by atoms with Crippen LogP contribution in [0.3, 0.4) is 0 Å². The predicted molar refractivity (Wildman–Crippen MR) is 70.9 cm³/mol. The lowest BCUT2D eigenvalue weighted by atomic mass is 9.85. The molecule has 0 bridgehead atoms. The summed E-state index contributed by atoms with van der Waals surface area (Å²) < 4.78 is 0. The van der Waals surface area contributed by atoms with E-state index in [2.05, 4.69) is 23.1 Å². The lowest BCUT2D eigenvalue weighted by Gasteiger charge is -2.34. The molecule has 0 amide bonds. The number of nitrogens with zero attached hydrogens (tertiary/aromatic N) is 4. The van der Waals surface area contributed by atoms with E-state index in [-0.39, 0.29) is 11.5 Å². The first-order valence-electron chi connectivity index (χ1n) is 6.26. The minimum Gasteiger partial charge on any atom is -0.198 e. The van der Waals surface area contributed by atoms with E-state index in [0.29, 0.717) is 0 Å². The molecule has 0 N–H and O–H groups in total. The number of fused-ring (bicyclic) bond motifs is 1. The predicted octanol–water partition coefficient (Wildman–Crippen LogP) is 2.40. The Morgan fingerprint density at radius 3 is 2.78 bits per heavy atom. The molecule has 0 saturated carbocycles. The van der Waals surface area contributed by atoms with E-state index in [4.69, 9.17) is 0 Å². The lowest BCUT2D eigenvalue weighted by molar-refractivity contribution is 0.210. The van der Waals surface area contributed by atoms with Crippen molar-refractivity contribution in [3.63, 3.8) is 0 Å². The van der Waals surface area contributed by atoms with E-state index in [1.807, 2.05) is 42.4 Å². The third-order valence-electron chi connectivity index (χ3n) is 4.19. The number of hydrazone groups is 1. The van der Waals surface area contributed by atoms with Gasteiger partial charge in [0.25, 0.3) is 0 Å². The maximum atomic E-state index is 9.30. The van der Waals surface area contributed by atoms with Crippen LogP contribution in [0.1, 0.15) is 20.3 Å². The fourth-order valence-electron chi connectivity index (χ4n) is 2.92. The van der Waals surface area contributed by atoms with Gasteiger partial charge in [-0.25, -0.2) is 0 Å². The Labute approximate surface area is 107 Å². The Morgan fingerprint density at radius 2 is 2.11 bits per heavy atom. The van der Waals surface area contributed by atoms with Crippen molar-refractivity contribution in [2.75, 3.05) is 11.7 Å². The van der Waals surface area contributed by atoms with Gasteiger partial charge in [-0.15, -0.1) is 0 Å². The summed E-state index contributed by atoms with van der Waals surface area (Å²) in [7, 11) is 0. The molecule has 0 aromatic heterocycles. The molecule has 0 aliphatic carbocycles. The van der Waals surface area contributed by atoms with Crippen molar-refractivity contribution in [1.82, 2.24) is 5.01 Å². The first kappa shape index (κ1) is 11.2. The smallest absolute Gasteiger partial charge is 0.0948 e. The Hall–Kier alpha value is -1.86. The molecule has 2 aliphatic rings. The first-order valence-corrected chi connectivity index (χ1v) is 6.26. The van der Waals surface area contributed by atoms with Crippen molar-refractivity contribution in [2.45, 2.75) is 25.8 Å². The van der Waals surface area contributed by atoms with Gasteiger partial charge in [0.05, 0.1) is 28.9 Å². The molecule has 4 heteroatoms. The zero-order chi connectivity index (χ0) is 12.8. The molecule has 3 rings (SSSR count). The Bertz CT molecular complexity index is 530. The minimum absolute atomic E-state index is 0.0231. The van der Waals surface area contributed by atoms with Crippen molar-refractivity contribution in [3.8, 4) is 6.07 Å². The maximum absolute atomic E-state index is 9.30. The zero-order valence-electron chi connectivity index (χ0n) is 10.7. The van der Waals surface area contributed by atoms with Gasteiger partial charge in [-0.1, -0.05) is 18.2 Å². The van der Waals surface area contributed by atoms with E-state index >= 15 is 0 Å². The van der Waals surface area contributed by atoms with Crippen LogP contribution in [-0.2, 0) is 0 Å². The van der Waals surface area contributed by atoms with E-state index in [1.54, 1.807) is 0 Å². The molecule has 2 atom stereocenters. The molecular formula is C14H16N4. The summed E-state index contributed by atoms with van der Waals surface area (Å²) in [5, 5.41) is 18.1. The molecule has 18 heavy (non-hydrogen) atoms. The topological polar surface area (TPSA) is 42.6 Å². The molecule has 92 valence electrons. The molecule has 0 radical (unpaired) electrons. The highest BCUT2D eigenvalue weighted by Crippen LogP contribution is 2.42. The van der Waals surface area contributed by atoms with E-state index in [0.717, 1.165) is 24.4 Å². The lowest BCUT2D eigenvalue weighted by Crippen LogP contribution is -2.50.